The Labute approximate surface area is 174 Å². The number of hydrazone groups is 1. The molecule has 3 rings (SSSR count). The molecule has 1 aliphatic heterocycles. The number of ether oxygens (including phenoxy) is 2. The highest BCUT2D eigenvalue weighted by molar-refractivity contribution is 6.44. The zero-order valence-electron chi connectivity index (χ0n) is 16.5. The third kappa shape index (κ3) is 4.68. The van der Waals surface area contributed by atoms with Gasteiger partial charge in [0, 0.05) is 29.6 Å². The van der Waals surface area contributed by atoms with Gasteiger partial charge in [-0.15, -0.1) is 0 Å². The molecule has 0 spiro atoms. The van der Waals surface area contributed by atoms with E-state index in [-0.39, 0.29) is 30.4 Å². The molecule has 8 heteroatoms. The van der Waals surface area contributed by atoms with Crippen LogP contribution in [0.25, 0.3) is 0 Å². The normalized spacial score (nSPS) is 13.7. The smallest absolute Gasteiger partial charge is 0.271 e. The van der Waals surface area contributed by atoms with Crippen molar-refractivity contribution in [3.63, 3.8) is 0 Å². The van der Waals surface area contributed by atoms with E-state index < -0.39 is 0 Å². The summed E-state index contributed by atoms with van der Waals surface area (Å²) in [6.07, 6.45) is 0.444. The number of benzene rings is 2. The third-order valence-corrected chi connectivity index (χ3v) is 4.82. The van der Waals surface area contributed by atoms with Crippen molar-refractivity contribution < 1.29 is 19.1 Å². The van der Waals surface area contributed by atoms with Gasteiger partial charge in [0.1, 0.15) is 5.71 Å². The van der Waals surface area contributed by atoms with Gasteiger partial charge in [-0.3, -0.25) is 9.59 Å². The minimum atomic E-state index is -0.382. The van der Waals surface area contributed by atoms with Gasteiger partial charge in [-0.05, 0) is 43.7 Å². The van der Waals surface area contributed by atoms with Gasteiger partial charge in [0.05, 0.1) is 19.4 Å². The third-order valence-electron chi connectivity index (χ3n) is 4.42. The number of rotatable bonds is 6. The zero-order chi connectivity index (χ0) is 21.0. The molecule has 2 aromatic rings. The van der Waals surface area contributed by atoms with Gasteiger partial charge < -0.3 is 14.8 Å². The van der Waals surface area contributed by atoms with Crippen molar-refractivity contribution in [2.24, 2.45) is 5.10 Å². The predicted octanol–water partition coefficient (Wildman–Crippen LogP) is 4.18. The van der Waals surface area contributed by atoms with E-state index in [4.69, 9.17) is 21.1 Å². The highest BCUT2D eigenvalue weighted by Crippen LogP contribution is 2.30. The van der Waals surface area contributed by atoms with Gasteiger partial charge >= 0.3 is 0 Å². The van der Waals surface area contributed by atoms with Crippen LogP contribution in [0.1, 0.15) is 25.3 Å². The van der Waals surface area contributed by atoms with Crippen LogP contribution < -0.4 is 19.8 Å². The van der Waals surface area contributed by atoms with Gasteiger partial charge in [0.25, 0.3) is 5.91 Å². The number of nitrogens with one attached hydrogen (secondary N) is 1. The molecule has 1 N–H and O–H groups in total. The molecule has 0 radical (unpaired) electrons. The number of anilines is 2. The first kappa shape index (κ1) is 20.7. The van der Waals surface area contributed by atoms with Crippen molar-refractivity contribution in [3.05, 3.63) is 47.0 Å². The lowest BCUT2D eigenvalue weighted by molar-refractivity contribution is -0.118. The van der Waals surface area contributed by atoms with Crippen LogP contribution in [0.4, 0.5) is 11.4 Å². The lowest BCUT2D eigenvalue weighted by Crippen LogP contribution is -2.36. The van der Waals surface area contributed by atoms with Crippen LogP contribution in [-0.2, 0) is 9.59 Å². The molecule has 7 nitrogen and oxygen atoms in total. The standard InChI is InChI=1S/C21H22ClN3O4/c1-4-29-18-9-6-14(11-19(18)28-3)23-21(27)17-8-10-20(26)25(24-17)15-7-5-13(2)16(22)12-15/h5-7,9,11-12H,4,8,10H2,1-3H3,(H,23,27). The molecular formula is C21H22ClN3O4. The predicted molar refractivity (Wildman–Crippen MR) is 113 cm³/mol. The van der Waals surface area contributed by atoms with Gasteiger partial charge in [-0.2, -0.15) is 5.10 Å². The maximum atomic E-state index is 12.7. The molecule has 1 heterocycles. The Bertz CT molecular complexity index is 974. The Balaban J connectivity index is 1.81. The number of carbonyl (C=O) groups excluding carboxylic acids is 2. The number of amides is 2. The monoisotopic (exact) mass is 415 g/mol. The van der Waals surface area contributed by atoms with Gasteiger partial charge in [-0.1, -0.05) is 17.7 Å². The highest BCUT2D eigenvalue weighted by Gasteiger charge is 2.26. The fourth-order valence-electron chi connectivity index (χ4n) is 2.86. The van der Waals surface area contributed by atoms with Crippen molar-refractivity contribution in [1.29, 1.82) is 0 Å². The summed E-state index contributed by atoms with van der Waals surface area (Å²) < 4.78 is 10.8. The topological polar surface area (TPSA) is 80.2 Å². The van der Waals surface area contributed by atoms with E-state index >= 15 is 0 Å². The zero-order valence-corrected chi connectivity index (χ0v) is 17.2. The quantitative estimate of drug-likeness (QED) is 0.767. The number of hydrogen-bond acceptors (Lipinski definition) is 5. The number of carbonyl (C=O) groups is 2. The maximum absolute atomic E-state index is 12.7. The lowest BCUT2D eigenvalue weighted by Gasteiger charge is -2.23. The summed E-state index contributed by atoms with van der Waals surface area (Å²) in [5, 5.41) is 8.81. The first-order valence-electron chi connectivity index (χ1n) is 9.21. The summed E-state index contributed by atoms with van der Waals surface area (Å²) in [5.41, 5.74) is 2.22. The first-order valence-corrected chi connectivity index (χ1v) is 9.59. The maximum Gasteiger partial charge on any atom is 0.271 e. The Morgan fingerprint density at radius 3 is 2.69 bits per heavy atom. The summed E-state index contributed by atoms with van der Waals surface area (Å²) in [6.45, 7) is 4.26. The van der Waals surface area contributed by atoms with Crippen molar-refractivity contribution >= 4 is 40.5 Å². The molecule has 2 amide bonds. The van der Waals surface area contributed by atoms with Crippen LogP contribution in [0.5, 0.6) is 11.5 Å². The van der Waals surface area contributed by atoms with E-state index in [9.17, 15) is 9.59 Å². The summed E-state index contributed by atoms with van der Waals surface area (Å²) in [4.78, 5) is 25.0. The van der Waals surface area contributed by atoms with E-state index in [2.05, 4.69) is 10.4 Å². The minimum Gasteiger partial charge on any atom is -0.493 e. The summed E-state index contributed by atoms with van der Waals surface area (Å²) in [7, 11) is 1.53. The van der Waals surface area contributed by atoms with Gasteiger partial charge in [0.2, 0.25) is 5.91 Å². The molecule has 0 fully saturated rings. The van der Waals surface area contributed by atoms with Crippen LogP contribution in [0.3, 0.4) is 0 Å². The Hall–Kier alpha value is -3.06. The average molecular weight is 416 g/mol. The van der Waals surface area contributed by atoms with E-state index in [0.717, 1.165) is 5.56 Å². The molecule has 0 atom stereocenters. The molecule has 2 aromatic carbocycles. The lowest BCUT2D eigenvalue weighted by atomic mass is 10.1. The molecule has 1 aliphatic rings. The fourth-order valence-corrected chi connectivity index (χ4v) is 3.03. The first-order chi connectivity index (χ1) is 13.9. The van der Waals surface area contributed by atoms with Crippen molar-refractivity contribution in [2.75, 3.05) is 24.0 Å². The van der Waals surface area contributed by atoms with Crippen molar-refractivity contribution in [3.8, 4) is 11.5 Å². The van der Waals surface area contributed by atoms with E-state index in [1.165, 1.54) is 12.1 Å². The Kier molecular flexibility index (Phi) is 6.39. The second kappa shape index (κ2) is 8.96. The SMILES string of the molecule is CCOc1ccc(NC(=O)C2=NN(c3ccc(C)c(Cl)c3)C(=O)CC2)cc1OC. The summed E-state index contributed by atoms with van der Waals surface area (Å²) >= 11 is 6.16. The molecule has 29 heavy (non-hydrogen) atoms. The second-order valence-corrected chi connectivity index (χ2v) is 6.85. The molecular weight excluding hydrogens is 394 g/mol. The largest absolute Gasteiger partial charge is 0.493 e. The van der Waals surface area contributed by atoms with Crippen LogP contribution in [-0.4, -0.2) is 31.2 Å². The van der Waals surface area contributed by atoms with E-state index in [1.54, 1.807) is 36.4 Å². The number of hydrogen-bond donors (Lipinski definition) is 1. The van der Waals surface area contributed by atoms with Crippen LogP contribution in [0.2, 0.25) is 5.02 Å². The molecule has 0 aliphatic carbocycles. The molecule has 0 saturated heterocycles. The fraction of sp³-hybridized carbons (Fsp3) is 0.286. The number of nitrogens with zero attached hydrogens (tertiary/aromatic N) is 2. The minimum absolute atomic E-state index is 0.185. The van der Waals surface area contributed by atoms with Crippen LogP contribution >= 0.6 is 11.6 Å². The van der Waals surface area contributed by atoms with Crippen molar-refractivity contribution in [2.45, 2.75) is 26.7 Å². The second-order valence-electron chi connectivity index (χ2n) is 6.44. The van der Waals surface area contributed by atoms with Gasteiger partial charge in [0.15, 0.2) is 11.5 Å². The number of halogens is 1. The number of methoxy groups -OCH3 is 1. The molecule has 0 aromatic heterocycles. The Morgan fingerprint density at radius 2 is 2.00 bits per heavy atom. The molecule has 0 saturated carbocycles. The average Bonchev–Trinajstić information content (AvgIpc) is 2.71. The molecule has 152 valence electrons. The van der Waals surface area contributed by atoms with E-state index in [0.29, 0.717) is 34.5 Å². The van der Waals surface area contributed by atoms with Crippen LogP contribution in [0.15, 0.2) is 41.5 Å². The summed E-state index contributed by atoms with van der Waals surface area (Å²) in [5.74, 6) is 0.536. The molecule has 0 bridgehead atoms. The highest BCUT2D eigenvalue weighted by atomic mass is 35.5. The van der Waals surface area contributed by atoms with Gasteiger partial charge in [-0.25, -0.2) is 5.01 Å². The van der Waals surface area contributed by atoms with Crippen molar-refractivity contribution in [1.82, 2.24) is 0 Å². The van der Waals surface area contributed by atoms with E-state index in [1.807, 2.05) is 13.8 Å². The molecule has 0 unspecified atom stereocenters. The van der Waals surface area contributed by atoms with Crippen LogP contribution in [0, 0.1) is 6.92 Å². The number of aryl methyl sites for hydroxylation is 1. The summed E-state index contributed by atoms with van der Waals surface area (Å²) in [6, 6.07) is 10.3. The Morgan fingerprint density at radius 1 is 1.21 bits per heavy atom.